The van der Waals surface area contributed by atoms with Crippen LogP contribution in [-0.4, -0.2) is 4.98 Å². The zero-order valence-electron chi connectivity index (χ0n) is 8.52. The molecule has 0 saturated heterocycles. The summed E-state index contributed by atoms with van der Waals surface area (Å²) in [6.07, 6.45) is 1.84. The van der Waals surface area contributed by atoms with Crippen molar-refractivity contribution in [2.24, 2.45) is 0 Å². The van der Waals surface area contributed by atoms with Gasteiger partial charge in [0.05, 0.1) is 4.11 Å². The number of nitrogens with two attached hydrogens (primary N) is 1. The topological polar surface area (TPSA) is 38.9 Å². The van der Waals surface area contributed by atoms with Crippen molar-refractivity contribution in [3.63, 3.8) is 0 Å². The van der Waals surface area contributed by atoms with E-state index in [1.54, 1.807) is 0 Å². The van der Waals surface area contributed by atoms with Crippen LogP contribution in [0.15, 0.2) is 18.3 Å². The van der Waals surface area contributed by atoms with Crippen molar-refractivity contribution < 1.29 is 4.11 Å². The van der Waals surface area contributed by atoms with Gasteiger partial charge in [-0.1, -0.05) is 6.04 Å². The largest absolute Gasteiger partial charge is 0.383 e. The molecular weight excluding hydrogens is 124 g/mol. The van der Waals surface area contributed by atoms with Crippen molar-refractivity contribution in [2.75, 3.05) is 5.73 Å². The lowest BCUT2D eigenvalue weighted by molar-refractivity contribution is 1.10. The summed E-state index contributed by atoms with van der Waals surface area (Å²) in [5.74, 6) is 0.568. The van der Waals surface area contributed by atoms with Crippen LogP contribution >= 0.6 is 0 Å². The first-order chi connectivity index (χ1) is 6.11. The molecule has 2 heteroatoms. The minimum absolute atomic E-state index is 0.0833. The van der Waals surface area contributed by atoms with Gasteiger partial charge in [0.1, 0.15) is 5.82 Å². The third-order valence-electron chi connectivity index (χ3n) is 1.69. The van der Waals surface area contributed by atoms with Crippen LogP contribution in [0.1, 0.15) is 28.4 Å². The minimum Gasteiger partial charge on any atom is -0.383 e. The first-order valence-corrected chi connectivity index (χ1v) is 3.34. The molecule has 1 aromatic heterocycles. The zero-order chi connectivity index (χ0) is 9.59. The summed E-state index contributed by atoms with van der Waals surface area (Å²) in [6.45, 7) is 0. The molecule has 2 rings (SSSR count). The third kappa shape index (κ3) is 0.856. The molecular formula is C8H10N2. The highest BCUT2D eigenvalue weighted by molar-refractivity contribution is 5.42. The molecule has 0 aromatic carbocycles. The maximum atomic E-state index is 7.62. The van der Waals surface area contributed by atoms with Crippen molar-refractivity contribution >= 4 is 5.82 Å². The highest BCUT2D eigenvalue weighted by Crippen LogP contribution is 2.41. The summed E-state index contributed by atoms with van der Waals surface area (Å²) in [5.41, 5.74) is 6.27. The molecule has 0 unspecified atom stereocenters. The van der Waals surface area contributed by atoms with E-state index < -0.39 is 0 Å². The van der Waals surface area contributed by atoms with Gasteiger partial charge in [0, 0.05) is 6.17 Å². The van der Waals surface area contributed by atoms with Crippen LogP contribution in [0.3, 0.4) is 0 Å². The van der Waals surface area contributed by atoms with Crippen LogP contribution in [0, 0.1) is 0 Å². The number of pyridine rings is 1. The lowest BCUT2D eigenvalue weighted by Gasteiger charge is -1.99. The van der Waals surface area contributed by atoms with E-state index in [0.29, 0.717) is 11.5 Å². The molecule has 1 aromatic rings. The van der Waals surface area contributed by atoms with Crippen molar-refractivity contribution in [3.8, 4) is 0 Å². The third-order valence-corrected chi connectivity index (χ3v) is 1.69. The Bertz CT molecular complexity index is 361. The van der Waals surface area contributed by atoms with Gasteiger partial charge < -0.3 is 5.73 Å². The number of aromatic nitrogens is 1. The summed E-state index contributed by atoms with van der Waals surface area (Å²) in [7, 11) is 0. The SMILES string of the molecule is [2H]c1nc(N)c(C2CC2)c([2H])c1[2H]. The first kappa shape index (κ1) is 3.37. The number of hydrogen-bond donors (Lipinski definition) is 1. The fourth-order valence-electron chi connectivity index (χ4n) is 0.991. The molecule has 0 atom stereocenters. The number of anilines is 1. The monoisotopic (exact) mass is 137 g/mol. The van der Waals surface area contributed by atoms with E-state index in [2.05, 4.69) is 4.98 Å². The Morgan fingerprint density at radius 1 is 1.70 bits per heavy atom. The van der Waals surface area contributed by atoms with E-state index in [9.17, 15) is 0 Å². The standard InChI is InChI=1S/C8H10N2/c9-8-7(6-3-4-6)2-1-5-10-8/h1-2,5-6H,3-4H2,(H2,9,10)/i1D,2D,5D. The molecule has 1 fully saturated rings. The molecule has 1 aliphatic rings. The molecule has 1 saturated carbocycles. The maximum Gasteiger partial charge on any atom is 0.126 e. The fraction of sp³-hybridized carbons (Fsp3) is 0.375. The summed E-state index contributed by atoms with van der Waals surface area (Å²) in [4.78, 5) is 3.73. The second-order valence-electron chi connectivity index (χ2n) is 2.55. The second-order valence-corrected chi connectivity index (χ2v) is 2.55. The van der Waals surface area contributed by atoms with Gasteiger partial charge in [-0.15, -0.1) is 0 Å². The maximum absolute atomic E-state index is 7.62. The average molecular weight is 137 g/mol. The lowest BCUT2D eigenvalue weighted by Crippen LogP contribution is -1.94. The summed E-state index contributed by atoms with van der Waals surface area (Å²) < 4.78 is 22.3. The quantitative estimate of drug-likeness (QED) is 0.637. The van der Waals surface area contributed by atoms with Gasteiger partial charge in [-0.05, 0) is 30.4 Å². The van der Waals surface area contributed by atoms with Gasteiger partial charge in [0.2, 0.25) is 0 Å². The Labute approximate surface area is 64.3 Å². The van der Waals surface area contributed by atoms with Crippen molar-refractivity contribution in [1.29, 1.82) is 0 Å². The predicted octanol–water partition coefficient (Wildman–Crippen LogP) is 1.54. The van der Waals surface area contributed by atoms with Gasteiger partial charge in [-0.2, -0.15) is 0 Å². The number of nitrogen functional groups attached to an aromatic ring is 1. The second kappa shape index (κ2) is 1.97. The van der Waals surface area contributed by atoms with Crippen LogP contribution in [-0.2, 0) is 0 Å². The Hall–Kier alpha value is -1.05. The molecule has 2 N–H and O–H groups in total. The van der Waals surface area contributed by atoms with E-state index in [4.69, 9.17) is 9.85 Å². The van der Waals surface area contributed by atoms with Crippen LogP contribution < -0.4 is 5.73 Å². The lowest BCUT2D eigenvalue weighted by atomic mass is 10.2. The first-order valence-electron chi connectivity index (χ1n) is 4.84. The van der Waals surface area contributed by atoms with Crippen molar-refractivity contribution in [1.82, 2.24) is 4.98 Å². The average Bonchev–Trinajstić information content (AvgIpc) is 2.84. The van der Waals surface area contributed by atoms with Crippen LogP contribution in [0.5, 0.6) is 0 Å². The van der Waals surface area contributed by atoms with Gasteiger partial charge in [-0.3, -0.25) is 0 Å². The van der Waals surface area contributed by atoms with Gasteiger partial charge in [0.25, 0.3) is 0 Å². The normalized spacial score (nSPS) is 21.4. The Balaban J connectivity index is 2.60. The highest BCUT2D eigenvalue weighted by Gasteiger charge is 2.25. The van der Waals surface area contributed by atoms with Crippen LogP contribution in [0.4, 0.5) is 5.82 Å². The molecule has 10 heavy (non-hydrogen) atoms. The van der Waals surface area contributed by atoms with E-state index in [1.165, 1.54) is 0 Å². The molecule has 1 heterocycles. The van der Waals surface area contributed by atoms with E-state index in [-0.39, 0.29) is 24.1 Å². The Morgan fingerprint density at radius 3 is 3.20 bits per heavy atom. The summed E-state index contributed by atoms with van der Waals surface area (Å²) >= 11 is 0. The summed E-state index contributed by atoms with van der Waals surface area (Å²) in [6, 6.07) is -0.0314. The Kier molecular flexibility index (Phi) is 0.666. The molecule has 0 spiro atoms. The molecule has 52 valence electrons. The highest BCUT2D eigenvalue weighted by atomic mass is 14.8. The van der Waals surface area contributed by atoms with Crippen LogP contribution in [0.2, 0.25) is 0 Å². The number of nitrogens with zero attached hydrogens (tertiary/aromatic N) is 1. The zero-order valence-corrected chi connectivity index (χ0v) is 5.52. The molecule has 2 nitrogen and oxygen atoms in total. The summed E-state index contributed by atoms with van der Waals surface area (Å²) in [5, 5.41) is 0. The van der Waals surface area contributed by atoms with Crippen molar-refractivity contribution in [2.45, 2.75) is 18.8 Å². The molecule has 0 aliphatic heterocycles. The fourth-order valence-corrected chi connectivity index (χ4v) is 0.991. The predicted molar refractivity (Wildman–Crippen MR) is 40.6 cm³/mol. The van der Waals surface area contributed by atoms with Crippen molar-refractivity contribution in [3.05, 3.63) is 23.8 Å². The van der Waals surface area contributed by atoms with E-state index in [1.807, 2.05) is 0 Å². The molecule has 0 bridgehead atoms. The van der Waals surface area contributed by atoms with E-state index >= 15 is 0 Å². The van der Waals surface area contributed by atoms with E-state index in [0.717, 1.165) is 12.8 Å². The number of rotatable bonds is 1. The van der Waals surface area contributed by atoms with Crippen LogP contribution in [0.25, 0.3) is 0 Å². The number of hydrogen-bond acceptors (Lipinski definition) is 2. The minimum atomic E-state index is -0.202. The Morgan fingerprint density at radius 2 is 2.50 bits per heavy atom. The van der Waals surface area contributed by atoms with Gasteiger partial charge in [-0.25, -0.2) is 4.98 Å². The molecule has 0 amide bonds. The van der Waals surface area contributed by atoms with Gasteiger partial charge >= 0.3 is 0 Å². The van der Waals surface area contributed by atoms with Gasteiger partial charge in [0.15, 0.2) is 0 Å². The molecule has 1 aliphatic carbocycles. The smallest absolute Gasteiger partial charge is 0.126 e. The molecule has 0 radical (unpaired) electrons.